The minimum Gasteiger partial charge on any atom is -0.238 e. The predicted octanol–water partition coefficient (Wildman–Crippen LogP) is 3.42. The molecule has 0 aliphatic heterocycles. The molecule has 17 heavy (non-hydrogen) atoms. The van der Waals surface area contributed by atoms with E-state index in [4.69, 9.17) is 11.6 Å². The van der Waals surface area contributed by atoms with Gasteiger partial charge in [-0.25, -0.2) is 4.68 Å². The molecule has 0 N–H and O–H groups in total. The van der Waals surface area contributed by atoms with E-state index in [1.54, 1.807) is 0 Å². The number of allylic oxidation sites excluding steroid dienone is 1. The van der Waals surface area contributed by atoms with Crippen molar-refractivity contribution >= 4 is 22.6 Å². The van der Waals surface area contributed by atoms with Crippen molar-refractivity contribution in [1.29, 1.82) is 0 Å². The number of hydrogen-bond donors (Lipinski definition) is 0. The number of halogens is 1. The number of para-hydroxylation sites is 1. The van der Waals surface area contributed by atoms with Crippen LogP contribution in [0.4, 0.5) is 0 Å². The molecule has 90 valence electrons. The molecular formula is C13H16ClN3. The van der Waals surface area contributed by atoms with Crippen LogP contribution >= 0.6 is 11.6 Å². The quantitative estimate of drug-likeness (QED) is 0.601. The van der Waals surface area contributed by atoms with Crippen LogP contribution in [0.5, 0.6) is 0 Å². The standard InChI is InChI=1S/C13H16ClN3/c1-3-11(8-10(2)9-14)17-13-7-5-4-6-12(13)15-16-17/h3-7,10-11H,1,8-9H2,2H3. The topological polar surface area (TPSA) is 30.7 Å². The van der Waals surface area contributed by atoms with Crippen LogP contribution in [0, 0.1) is 5.92 Å². The summed E-state index contributed by atoms with van der Waals surface area (Å²) >= 11 is 5.85. The number of fused-ring (bicyclic) bond motifs is 1. The van der Waals surface area contributed by atoms with Crippen molar-refractivity contribution in [2.75, 3.05) is 5.88 Å². The van der Waals surface area contributed by atoms with Gasteiger partial charge in [0.2, 0.25) is 0 Å². The maximum absolute atomic E-state index is 5.85. The molecule has 4 heteroatoms. The van der Waals surface area contributed by atoms with Gasteiger partial charge < -0.3 is 0 Å². The highest BCUT2D eigenvalue weighted by Gasteiger charge is 2.15. The molecule has 0 saturated heterocycles. The van der Waals surface area contributed by atoms with E-state index in [1.807, 2.05) is 35.0 Å². The Balaban J connectivity index is 2.33. The molecular weight excluding hydrogens is 234 g/mol. The van der Waals surface area contributed by atoms with E-state index in [9.17, 15) is 0 Å². The van der Waals surface area contributed by atoms with Crippen molar-refractivity contribution in [3.05, 3.63) is 36.9 Å². The second-order valence-electron chi connectivity index (χ2n) is 4.32. The van der Waals surface area contributed by atoms with E-state index in [-0.39, 0.29) is 6.04 Å². The molecule has 2 atom stereocenters. The third kappa shape index (κ3) is 2.50. The highest BCUT2D eigenvalue weighted by atomic mass is 35.5. The van der Waals surface area contributed by atoms with Gasteiger partial charge in [0.05, 0.1) is 11.6 Å². The lowest BCUT2D eigenvalue weighted by Gasteiger charge is -2.16. The maximum Gasteiger partial charge on any atom is 0.113 e. The van der Waals surface area contributed by atoms with Crippen LogP contribution in [0.3, 0.4) is 0 Å². The zero-order valence-electron chi connectivity index (χ0n) is 9.88. The smallest absolute Gasteiger partial charge is 0.113 e. The minimum atomic E-state index is 0.149. The lowest BCUT2D eigenvalue weighted by molar-refractivity contribution is 0.436. The Kier molecular flexibility index (Phi) is 3.79. The summed E-state index contributed by atoms with van der Waals surface area (Å²) in [5.74, 6) is 1.08. The lowest BCUT2D eigenvalue weighted by Crippen LogP contribution is -2.12. The lowest BCUT2D eigenvalue weighted by atomic mass is 10.0. The number of hydrogen-bond acceptors (Lipinski definition) is 2. The largest absolute Gasteiger partial charge is 0.238 e. The summed E-state index contributed by atoms with van der Waals surface area (Å²) in [5, 5.41) is 8.36. The molecule has 1 aromatic carbocycles. The second-order valence-corrected chi connectivity index (χ2v) is 4.63. The molecule has 0 aliphatic carbocycles. The molecule has 1 aromatic heterocycles. The Bertz CT molecular complexity index is 506. The van der Waals surface area contributed by atoms with Crippen molar-refractivity contribution in [1.82, 2.24) is 15.0 Å². The number of benzene rings is 1. The summed E-state index contributed by atoms with van der Waals surface area (Å²) in [6.45, 7) is 6.01. The Labute approximate surface area is 106 Å². The molecule has 0 aliphatic rings. The molecule has 2 rings (SSSR count). The molecule has 0 fully saturated rings. The van der Waals surface area contributed by atoms with E-state index >= 15 is 0 Å². The zero-order chi connectivity index (χ0) is 12.3. The summed E-state index contributed by atoms with van der Waals surface area (Å²) in [6, 6.07) is 8.09. The number of nitrogens with zero attached hydrogens (tertiary/aromatic N) is 3. The molecule has 0 radical (unpaired) electrons. The molecule has 3 nitrogen and oxygen atoms in total. The normalized spacial score (nSPS) is 14.7. The first-order valence-electron chi connectivity index (χ1n) is 5.74. The summed E-state index contributed by atoms with van der Waals surface area (Å²) in [6.07, 6.45) is 2.84. The van der Waals surface area contributed by atoms with Gasteiger partial charge in [-0.05, 0) is 24.5 Å². The summed E-state index contributed by atoms with van der Waals surface area (Å²) in [7, 11) is 0. The average Bonchev–Trinajstić information content (AvgIpc) is 2.79. The van der Waals surface area contributed by atoms with Gasteiger partial charge in [0.25, 0.3) is 0 Å². The van der Waals surface area contributed by atoms with Crippen LogP contribution in [-0.2, 0) is 0 Å². The zero-order valence-corrected chi connectivity index (χ0v) is 10.6. The highest BCUT2D eigenvalue weighted by Crippen LogP contribution is 2.22. The van der Waals surface area contributed by atoms with Gasteiger partial charge in [0, 0.05) is 5.88 Å². The number of aromatic nitrogens is 3. The van der Waals surface area contributed by atoms with Crippen molar-refractivity contribution in [3.63, 3.8) is 0 Å². The summed E-state index contributed by atoms with van der Waals surface area (Å²) in [5.41, 5.74) is 1.96. The Morgan fingerprint density at radius 1 is 1.47 bits per heavy atom. The third-order valence-corrected chi connectivity index (χ3v) is 3.40. The molecule has 0 saturated carbocycles. The van der Waals surface area contributed by atoms with Crippen LogP contribution < -0.4 is 0 Å². The van der Waals surface area contributed by atoms with Gasteiger partial charge in [-0.15, -0.1) is 23.3 Å². The number of rotatable bonds is 5. The third-order valence-electron chi connectivity index (χ3n) is 2.87. The van der Waals surface area contributed by atoms with E-state index in [1.165, 1.54) is 0 Å². The van der Waals surface area contributed by atoms with Gasteiger partial charge in [0.15, 0.2) is 0 Å². The van der Waals surface area contributed by atoms with Gasteiger partial charge >= 0.3 is 0 Å². The maximum atomic E-state index is 5.85. The first kappa shape index (κ1) is 12.1. The van der Waals surface area contributed by atoms with E-state index < -0.39 is 0 Å². The van der Waals surface area contributed by atoms with Crippen LogP contribution in [0.1, 0.15) is 19.4 Å². The SMILES string of the molecule is C=CC(CC(C)CCl)n1nnc2ccccc21. The monoisotopic (exact) mass is 249 g/mol. The predicted molar refractivity (Wildman–Crippen MR) is 71.3 cm³/mol. The van der Waals surface area contributed by atoms with Crippen LogP contribution in [0.15, 0.2) is 36.9 Å². The fourth-order valence-corrected chi connectivity index (χ4v) is 2.03. The van der Waals surface area contributed by atoms with Gasteiger partial charge in [-0.3, -0.25) is 0 Å². The Hall–Kier alpha value is -1.35. The first-order valence-corrected chi connectivity index (χ1v) is 6.28. The fraction of sp³-hybridized carbons (Fsp3) is 0.385. The van der Waals surface area contributed by atoms with E-state index in [0.29, 0.717) is 11.8 Å². The highest BCUT2D eigenvalue weighted by molar-refractivity contribution is 6.18. The van der Waals surface area contributed by atoms with Crippen molar-refractivity contribution in [2.45, 2.75) is 19.4 Å². The molecule has 0 spiro atoms. The van der Waals surface area contributed by atoms with Crippen LogP contribution in [0.25, 0.3) is 11.0 Å². The molecule has 2 aromatic rings. The molecule has 0 amide bonds. The fourth-order valence-electron chi connectivity index (χ4n) is 1.90. The van der Waals surface area contributed by atoms with Gasteiger partial charge in [-0.1, -0.05) is 30.3 Å². The van der Waals surface area contributed by atoms with Crippen LogP contribution in [0.2, 0.25) is 0 Å². The molecule has 2 unspecified atom stereocenters. The summed E-state index contributed by atoms with van der Waals surface area (Å²) < 4.78 is 1.92. The second kappa shape index (κ2) is 5.32. The minimum absolute atomic E-state index is 0.149. The molecule has 1 heterocycles. The summed E-state index contributed by atoms with van der Waals surface area (Å²) in [4.78, 5) is 0. The molecule has 0 bridgehead atoms. The van der Waals surface area contributed by atoms with Gasteiger partial charge in [0.1, 0.15) is 5.52 Å². The average molecular weight is 250 g/mol. The van der Waals surface area contributed by atoms with Crippen molar-refractivity contribution < 1.29 is 0 Å². The van der Waals surface area contributed by atoms with Crippen LogP contribution in [-0.4, -0.2) is 20.9 Å². The van der Waals surface area contributed by atoms with Crippen molar-refractivity contribution in [2.24, 2.45) is 5.92 Å². The van der Waals surface area contributed by atoms with Crippen molar-refractivity contribution in [3.8, 4) is 0 Å². The van der Waals surface area contributed by atoms with E-state index in [0.717, 1.165) is 17.5 Å². The van der Waals surface area contributed by atoms with Gasteiger partial charge in [-0.2, -0.15) is 0 Å². The first-order chi connectivity index (χ1) is 8.26. The van der Waals surface area contributed by atoms with E-state index in [2.05, 4.69) is 23.8 Å². The number of alkyl halides is 1. The Morgan fingerprint density at radius 3 is 2.94 bits per heavy atom. The Morgan fingerprint density at radius 2 is 2.24 bits per heavy atom.